The van der Waals surface area contributed by atoms with Crippen molar-refractivity contribution in [1.82, 2.24) is 5.32 Å². The van der Waals surface area contributed by atoms with Crippen molar-refractivity contribution >= 4 is 5.91 Å². The molecule has 1 N–H and O–H groups in total. The fourth-order valence-corrected chi connectivity index (χ4v) is 2.63. The van der Waals surface area contributed by atoms with Crippen molar-refractivity contribution in [3.05, 3.63) is 77.5 Å². The molecule has 0 fully saturated rings. The number of hydrogen-bond acceptors (Lipinski definition) is 5. The van der Waals surface area contributed by atoms with Gasteiger partial charge < -0.3 is 23.9 Å². The van der Waals surface area contributed by atoms with E-state index in [2.05, 4.69) is 5.32 Å². The largest absolute Gasteiger partial charge is 0.493 e. The fourth-order valence-electron chi connectivity index (χ4n) is 2.63. The first-order chi connectivity index (χ1) is 14.1. The van der Waals surface area contributed by atoms with Crippen LogP contribution in [0.25, 0.3) is 0 Å². The smallest absolute Gasteiger partial charge is 0.287 e. The molecule has 7 heteroatoms. The Hall–Kier alpha value is -3.48. The average Bonchev–Trinajstić information content (AvgIpc) is 3.22. The van der Waals surface area contributed by atoms with Gasteiger partial charge in [-0.3, -0.25) is 4.79 Å². The van der Waals surface area contributed by atoms with Crippen LogP contribution in [0.4, 0.5) is 4.39 Å². The molecule has 2 aromatic carbocycles. The van der Waals surface area contributed by atoms with Gasteiger partial charge in [-0.15, -0.1) is 0 Å². The molecule has 0 aliphatic rings. The molecule has 0 saturated carbocycles. The summed E-state index contributed by atoms with van der Waals surface area (Å²) >= 11 is 0. The monoisotopic (exact) mass is 399 g/mol. The summed E-state index contributed by atoms with van der Waals surface area (Å²) in [5, 5.41) is 2.80. The average molecular weight is 399 g/mol. The Morgan fingerprint density at radius 1 is 1.03 bits per heavy atom. The highest BCUT2D eigenvalue weighted by atomic mass is 19.1. The first-order valence-electron chi connectivity index (χ1n) is 9.14. The van der Waals surface area contributed by atoms with E-state index in [1.807, 2.05) is 25.1 Å². The maximum absolute atomic E-state index is 12.9. The molecule has 0 radical (unpaired) electrons. The van der Waals surface area contributed by atoms with E-state index in [1.165, 1.54) is 24.3 Å². The number of halogens is 1. The van der Waals surface area contributed by atoms with Crippen LogP contribution in [0.2, 0.25) is 0 Å². The van der Waals surface area contributed by atoms with Crippen LogP contribution in [0.5, 0.6) is 17.2 Å². The molecule has 6 nitrogen and oxygen atoms in total. The first-order valence-corrected chi connectivity index (χ1v) is 9.14. The molecule has 0 aliphatic heterocycles. The van der Waals surface area contributed by atoms with Crippen LogP contribution in [0.15, 0.2) is 59.0 Å². The third-order valence-corrected chi connectivity index (χ3v) is 4.06. The predicted octanol–water partition coefficient (Wildman–Crippen LogP) is 4.34. The number of benzene rings is 2. The van der Waals surface area contributed by atoms with Crippen molar-refractivity contribution in [2.24, 2.45) is 0 Å². The van der Waals surface area contributed by atoms with Crippen LogP contribution in [-0.4, -0.2) is 19.6 Å². The van der Waals surface area contributed by atoms with Crippen molar-refractivity contribution in [2.75, 3.05) is 13.7 Å². The topological polar surface area (TPSA) is 69.9 Å². The zero-order valence-electron chi connectivity index (χ0n) is 16.2. The maximum atomic E-state index is 12.9. The van der Waals surface area contributed by atoms with E-state index in [-0.39, 0.29) is 24.1 Å². The number of nitrogens with one attached hydrogen (secondary N) is 1. The molecule has 0 aliphatic carbocycles. The van der Waals surface area contributed by atoms with Crippen LogP contribution in [0.3, 0.4) is 0 Å². The maximum Gasteiger partial charge on any atom is 0.287 e. The normalized spacial score (nSPS) is 10.4. The minimum atomic E-state index is -0.342. The SMILES string of the molecule is CCOc1ccc(CNC(=O)c2ccc(COc3ccc(F)cc3)o2)cc1OC. The molecule has 3 rings (SSSR count). The molecule has 0 atom stereocenters. The summed E-state index contributed by atoms with van der Waals surface area (Å²) in [5.41, 5.74) is 0.866. The zero-order valence-corrected chi connectivity index (χ0v) is 16.2. The van der Waals surface area contributed by atoms with Gasteiger partial charge in [0.2, 0.25) is 0 Å². The van der Waals surface area contributed by atoms with E-state index in [1.54, 1.807) is 19.2 Å². The van der Waals surface area contributed by atoms with Gasteiger partial charge >= 0.3 is 0 Å². The number of furan rings is 1. The van der Waals surface area contributed by atoms with E-state index < -0.39 is 0 Å². The molecule has 1 aromatic heterocycles. The molecule has 3 aromatic rings. The summed E-state index contributed by atoms with van der Waals surface area (Å²) in [7, 11) is 1.57. The third-order valence-electron chi connectivity index (χ3n) is 4.06. The summed E-state index contributed by atoms with van der Waals surface area (Å²) < 4.78 is 34.7. The highest BCUT2D eigenvalue weighted by Gasteiger charge is 2.12. The predicted molar refractivity (Wildman–Crippen MR) is 105 cm³/mol. The van der Waals surface area contributed by atoms with E-state index in [0.717, 1.165) is 5.56 Å². The summed E-state index contributed by atoms with van der Waals surface area (Å²) in [4.78, 5) is 12.3. The lowest BCUT2D eigenvalue weighted by Crippen LogP contribution is -2.22. The van der Waals surface area contributed by atoms with Crippen LogP contribution < -0.4 is 19.5 Å². The van der Waals surface area contributed by atoms with Crippen LogP contribution >= 0.6 is 0 Å². The molecule has 0 saturated heterocycles. The lowest BCUT2D eigenvalue weighted by Gasteiger charge is -2.11. The van der Waals surface area contributed by atoms with Gasteiger partial charge in [0.15, 0.2) is 17.3 Å². The number of ether oxygens (including phenoxy) is 3. The van der Waals surface area contributed by atoms with Crippen LogP contribution in [-0.2, 0) is 13.2 Å². The zero-order chi connectivity index (χ0) is 20.6. The lowest BCUT2D eigenvalue weighted by atomic mass is 10.2. The Balaban J connectivity index is 1.54. The van der Waals surface area contributed by atoms with Crippen LogP contribution in [0.1, 0.15) is 28.8 Å². The number of hydrogen-bond donors (Lipinski definition) is 1. The highest BCUT2D eigenvalue weighted by Crippen LogP contribution is 2.28. The molecule has 1 heterocycles. The van der Waals surface area contributed by atoms with Gasteiger partial charge in [0, 0.05) is 6.54 Å². The van der Waals surface area contributed by atoms with Gasteiger partial charge in [-0.2, -0.15) is 0 Å². The Morgan fingerprint density at radius 3 is 2.55 bits per heavy atom. The van der Waals surface area contributed by atoms with Crippen molar-refractivity contribution in [3.8, 4) is 17.2 Å². The highest BCUT2D eigenvalue weighted by molar-refractivity contribution is 5.91. The minimum Gasteiger partial charge on any atom is -0.493 e. The Morgan fingerprint density at radius 2 is 1.83 bits per heavy atom. The van der Waals surface area contributed by atoms with Gasteiger partial charge in [0.25, 0.3) is 5.91 Å². The van der Waals surface area contributed by atoms with Gasteiger partial charge in [0.1, 0.15) is 23.9 Å². The van der Waals surface area contributed by atoms with Gasteiger partial charge in [-0.25, -0.2) is 4.39 Å². The number of rotatable bonds is 9. The van der Waals surface area contributed by atoms with Gasteiger partial charge in [-0.05, 0) is 61.0 Å². The molecule has 1 amide bonds. The Bertz CT molecular complexity index is 952. The number of amides is 1. The van der Waals surface area contributed by atoms with Gasteiger partial charge in [0.05, 0.1) is 13.7 Å². The summed E-state index contributed by atoms with van der Waals surface area (Å²) in [6, 6.07) is 14.4. The second-order valence-corrected chi connectivity index (χ2v) is 6.11. The molecular weight excluding hydrogens is 377 g/mol. The molecule has 0 unspecified atom stereocenters. The number of carbonyl (C=O) groups is 1. The Labute approximate surface area is 168 Å². The second kappa shape index (κ2) is 9.64. The van der Waals surface area contributed by atoms with E-state index in [9.17, 15) is 9.18 Å². The van der Waals surface area contributed by atoms with Crippen molar-refractivity contribution in [2.45, 2.75) is 20.1 Å². The summed E-state index contributed by atoms with van der Waals surface area (Å²) in [5.74, 6) is 1.77. The van der Waals surface area contributed by atoms with Crippen molar-refractivity contribution in [1.29, 1.82) is 0 Å². The van der Waals surface area contributed by atoms with E-state index in [4.69, 9.17) is 18.6 Å². The molecule has 152 valence electrons. The minimum absolute atomic E-state index is 0.134. The molecule has 29 heavy (non-hydrogen) atoms. The number of carbonyl (C=O) groups excluding carboxylic acids is 1. The van der Waals surface area contributed by atoms with Crippen LogP contribution in [0, 0.1) is 5.82 Å². The second-order valence-electron chi connectivity index (χ2n) is 6.11. The molecule has 0 spiro atoms. The van der Waals surface area contributed by atoms with E-state index in [0.29, 0.717) is 36.2 Å². The quantitative estimate of drug-likeness (QED) is 0.580. The fraction of sp³-hybridized carbons (Fsp3) is 0.227. The summed E-state index contributed by atoms with van der Waals surface area (Å²) in [6.07, 6.45) is 0. The molecular formula is C22H22FNO5. The lowest BCUT2D eigenvalue weighted by molar-refractivity contribution is 0.0919. The van der Waals surface area contributed by atoms with Crippen molar-refractivity contribution < 1.29 is 27.8 Å². The Kier molecular flexibility index (Phi) is 6.73. The van der Waals surface area contributed by atoms with E-state index >= 15 is 0 Å². The standard InChI is InChI=1S/C22H22FNO5/c1-3-27-19-10-4-15(12-21(19)26-2)13-24-22(25)20-11-9-18(29-20)14-28-17-7-5-16(23)6-8-17/h4-12H,3,13-14H2,1-2H3,(H,24,25). The van der Waals surface area contributed by atoms with Gasteiger partial charge in [-0.1, -0.05) is 6.07 Å². The summed E-state index contributed by atoms with van der Waals surface area (Å²) in [6.45, 7) is 2.88. The first kappa shape index (κ1) is 20.3. The molecule has 0 bridgehead atoms. The third kappa shape index (κ3) is 5.51. The number of methoxy groups -OCH3 is 1. The van der Waals surface area contributed by atoms with Crippen molar-refractivity contribution in [3.63, 3.8) is 0 Å².